The summed E-state index contributed by atoms with van der Waals surface area (Å²) in [5.74, 6) is -1.47. The number of Topliss-reactive ketones (excluding diaryl/α,β-unsaturated/α-hetero) is 2. The number of amides is 4. The van der Waals surface area contributed by atoms with E-state index in [1.165, 1.54) is 6.92 Å². The predicted octanol–water partition coefficient (Wildman–Crippen LogP) is 7.14. The Balaban J connectivity index is 1.03. The number of hydrogen-bond acceptors (Lipinski definition) is 6. The highest BCUT2D eigenvalue weighted by atomic mass is 16.2. The SMILES string of the molecule is CCC(=O)c1ccccc1C(=O)N1CCC[C@H]1C(=O)Nc1ccc(/C=C/c2ccc(NC(=O)[C@@H]3CCCN3C(=O)c3ccccc3C(C)=O)cc2)cc1. The first-order valence-electron chi connectivity index (χ1n) is 18.0. The third-order valence-electron chi connectivity index (χ3n) is 9.77. The Morgan fingerprint density at radius 1 is 0.585 bits per heavy atom. The van der Waals surface area contributed by atoms with Gasteiger partial charge in [-0.25, -0.2) is 0 Å². The molecular weight excluding hydrogens is 668 g/mol. The van der Waals surface area contributed by atoms with E-state index in [0.717, 1.165) is 11.1 Å². The van der Waals surface area contributed by atoms with Crippen molar-refractivity contribution in [2.24, 2.45) is 0 Å². The third kappa shape index (κ3) is 8.33. The van der Waals surface area contributed by atoms with E-state index < -0.39 is 12.1 Å². The van der Waals surface area contributed by atoms with Gasteiger partial charge in [0.15, 0.2) is 11.6 Å². The van der Waals surface area contributed by atoms with Gasteiger partial charge in [0.1, 0.15) is 12.1 Å². The lowest BCUT2D eigenvalue weighted by atomic mass is 10.0. The molecule has 53 heavy (non-hydrogen) atoms. The molecule has 0 spiro atoms. The summed E-state index contributed by atoms with van der Waals surface area (Å²) in [6.45, 7) is 4.07. The highest BCUT2D eigenvalue weighted by molar-refractivity contribution is 6.10. The third-order valence-corrected chi connectivity index (χ3v) is 9.77. The molecule has 0 radical (unpaired) electrons. The fourth-order valence-corrected chi connectivity index (χ4v) is 6.95. The topological polar surface area (TPSA) is 133 Å². The Kier molecular flexibility index (Phi) is 11.4. The predicted molar refractivity (Wildman–Crippen MR) is 205 cm³/mol. The zero-order valence-electron chi connectivity index (χ0n) is 29.8. The average molecular weight is 711 g/mol. The second kappa shape index (κ2) is 16.5. The normalized spacial score (nSPS) is 16.8. The highest BCUT2D eigenvalue weighted by Crippen LogP contribution is 2.26. The first-order valence-corrected chi connectivity index (χ1v) is 18.0. The Labute approximate surface area is 308 Å². The van der Waals surface area contributed by atoms with Gasteiger partial charge in [-0.3, -0.25) is 28.8 Å². The van der Waals surface area contributed by atoms with E-state index in [1.54, 1.807) is 77.4 Å². The fourth-order valence-electron chi connectivity index (χ4n) is 6.95. The van der Waals surface area contributed by atoms with Crippen LogP contribution in [0.2, 0.25) is 0 Å². The molecule has 0 aliphatic carbocycles. The van der Waals surface area contributed by atoms with Crippen molar-refractivity contribution in [3.8, 4) is 0 Å². The Morgan fingerprint density at radius 2 is 0.981 bits per heavy atom. The zero-order valence-corrected chi connectivity index (χ0v) is 29.8. The molecule has 4 aromatic rings. The number of rotatable bonds is 11. The lowest BCUT2D eigenvalue weighted by molar-refractivity contribution is -0.120. The van der Waals surface area contributed by atoms with Crippen LogP contribution in [0.1, 0.15) is 98.5 Å². The Hall–Kier alpha value is -6.16. The van der Waals surface area contributed by atoms with E-state index in [4.69, 9.17) is 0 Å². The summed E-state index contributed by atoms with van der Waals surface area (Å²) in [6.07, 6.45) is 6.64. The van der Waals surface area contributed by atoms with Gasteiger partial charge in [0.25, 0.3) is 11.8 Å². The van der Waals surface area contributed by atoms with Crippen molar-refractivity contribution >= 4 is 58.7 Å². The zero-order chi connectivity index (χ0) is 37.5. The highest BCUT2D eigenvalue weighted by Gasteiger charge is 2.37. The maximum absolute atomic E-state index is 13.5. The van der Waals surface area contributed by atoms with E-state index in [0.29, 0.717) is 72.4 Å². The molecule has 0 bridgehead atoms. The lowest BCUT2D eigenvalue weighted by Gasteiger charge is -2.25. The van der Waals surface area contributed by atoms with Gasteiger partial charge < -0.3 is 20.4 Å². The van der Waals surface area contributed by atoms with Crippen molar-refractivity contribution in [3.05, 3.63) is 130 Å². The van der Waals surface area contributed by atoms with Crippen molar-refractivity contribution in [2.75, 3.05) is 23.7 Å². The molecule has 6 rings (SSSR count). The van der Waals surface area contributed by atoms with Gasteiger partial charge in [-0.15, -0.1) is 0 Å². The summed E-state index contributed by atoms with van der Waals surface area (Å²) in [5.41, 5.74) is 4.40. The Bertz CT molecular complexity index is 2070. The molecule has 4 amide bonds. The molecule has 0 aromatic heterocycles. The molecule has 2 saturated heterocycles. The summed E-state index contributed by atoms with van der Waals surface area (Å²) in [7, 11) is 0. The molecule has 2 heterocycles. The molecule has 4 aromatic carbocycles. The molecule has 2 N–H and O–H groups in total. The Morgan fingerprint density at radius 3 is 1.40 bits per heavy atom. The van der Waals surface area contributed by atoms with E-state index in [-0.39, 0.29) is 41.6 Å². The van der Waals surface area contributed by atoms with Crippen LogP contribution < -0.4 is 10.6 Å². The second-order valence-corrected chi connectivity index (χ2v) is 13.3. The number of hydrogen-bond donors (Lipinski definition) is 2. The standard InChI is InChI=1S/C43H42N4O6/c1-3-39(49)34-11-5-7-13-36(34)43(53)47-27-9-15-38(47)41(51)45-32-24-20-30(21-25-32)17-16-29-18-22-31(23-19-29)44-40(50)37-14-8-26-46(37)42(52)35-12-6-4-10-33(35)28(2)48/h4-7,10-13,16-25,37-38H,3,8-9,14-15,26-27H2,1-2H3,(H,44,50)(H,45,51)/b17-16+/t37-,38-/m0/s1. The largest absolute Gasteiger partial charge is 0.327 e. The van der Waals surface area contributed by atoms with Crippen LogP contribution in [0.3, 0.4) is 0 Å². The number of ketones is 2. The molecule has 2 aliphatic heterocycles. The maximum atomic E-state index is 13.5. The number of likely N-dealkylation sites (tertiary alicyclic amines) is 2. The summed E-state index contributed by atoms with van der Waals surface area (Å²) < 4.78 is 0. The van der Waals surface area contributed by atoms with E-state index in [2.05, 4.69) is 10.6 Å². The lowest BCUT2D eigenvalue weighted by Crippen LogP contribution is -2.43. The van der Waals surface area contributed by atoms with Crippen LogP contribution in [0.15, 0.2) is 97.1 Å². The second-order valence-electron chi connectivity index (χ2n) is 13.3. The summed E-state index contributed by atoms with van der Waals surface area (Å²) in [6, 6.07) is 27.0. The molecule has 0 saturated carbocycles. The molecule has 2 atom stereocenters. The van der Waals surface area contributed by atoms with Crippen LogP contribution in [-0.2, 0) is 9.59 Å². The van der Waals surface area contributed by atoms with Gasteiger partial charge >= 0.3 is 0 Å². The smallest absolute Gasteiger partial charge is 0.255 e. The monoisotopic (exact) mass is 710 g/mol. The van der Waals surface area contributed by atoms with Crippen molar-refractivity contribution in [2.45, 2.75) is 58.0 Å². The van der Waals surface area contributed by atoms with Crippen molar-refractivity contribution in [1.82, 2.24) is 9.80 Å². The molecule has 2 fully saturated rings. The molecule has 2 aliphatic rings. The van der Waals surface area contributed by atoms with Crippen molar-refractivity contribution in [1.29, 1.82) is 0 Å². The molecular formula is C43H42N4O6. The van der Waals surface area contributed by atoms with Crippen LogP contribution in [0, 0.1) is 0 Å². The molecule has 0 unspecified atom stereocenters. The van der Waals surface area contributed by atoms with E-state index >= 15 is 0 Å². The minimum absolute atomic E-state index is 0.110. The fraction of sp³-hybridized carbons (Fsp3) is 0.256. The van der Waals surface area contributed by atoms with E-state index in [9.17, 15) is 28.8 Å². The molecule has 270 valence electrons. The van der Waals surface area contributed by atoms with E-state index in [1.807, 2.05) is 48.6 Å². The minimum atomic E-state index is -0.630. The van der Waals surface area contributed by atoms with Crippen LogP contribution >= 0.6 is 0 Å². The first kappa shape index (κ1) is 36.6. The number of anilines is 2. The van der Waals surface area contributed by atoms with Gasteiger partial charge in [-0.05, 0) is 80.1 Å². The minimum Gasteiger partial charge on any atom is -0.327 e. The van der Waals surface area contributed by atoms with Crippen LogP contribution in [0.25, 0.3) is 12.2 Å². The summed E-state index contributed by atoms with van der Waals surface area (Å²) in [5, 5.41) is 5.88. The molecule has 10 heteroatoms. The van der Waals surface area contributed by atoms with Crippen molar-refractivity contribution < 1.29 is 28.8 Å². The quantitative estimate of drug-likeness (QED) is 0.126. The van der Waals surface area contributed by atoms with Gasteiger partial charge in [-0.2, -0.15) is 0 Å². The average Bonchev–Trinajstić information content (AvgIpc) is 3.89. The number of nitrogens with zero attached hydrogens (tertiary/aromatic N) is 2. The number of nitrogens with one attached hydrogen (secondary N) is 2. The van der Waals surface area contributed by atoms with Gasteiger partial charge in [0, 0.05) is 42.0 Å². The number of carbonyl (C=O) groups excluding carboxylic acids is 6. The van der Waals surface area contributed by atoms with Crippen LogP contribution in [0.5, 0.6) is 0 Å². The van der Waals surface area contributed by atoms with Gasteiger partial charge in [0.05, 0.1) is 11.1 Å². The van der Waals surface area contributed by atoms with Gasteiger partial charge in [-0.1, -0.05) is 79.7 Å². The van der Waals surface area contributed by atoms with Crippen molar-refractivity contribution in [3.63, 3.8) is 0 Å². The summed E-state index contributed by atoms with van der Waals surface area (Å²) >= 11 is 0. The first-order chi connectivity index (χ1) is 25.6. The molecule has 10 nitrogen and oxygen atoms in total. The van der Waals surface area contributed by atoms with Gasteiger partial charge in [0.2, 0.25) is 11.8 Å². The van der Waals surface area contributed by atoms with Crippen LogP contribution in [0.4, 0.5) is 11.4 Å². The number of benzene rings is 4. The summed E-state index contributed by atoms with van der Waals surface area (Å²) in [4.78, 5) is 81.0. The number of carbonyl (C=O) groups is 6. The maximum Gasteiger partial charge on any atom is 0.255 e. The van der Waals surface area contributed by atoms with Crippen LogP contribution in [-0.4, -0.2) is 70.2 Å².